The topological polar surface area (TPSA) is 37.3 Å². The molecular weight excluding hydrogens is 212 g/mol. The Kier molecular flexibility index (Phi) is 4.20. The number of ketones is 1. The van der Waals surface area contributed by atoms with Gasteiger partial charge in [0.25, 0.3) is 0 Å². The van der Waals surface area contributed by atoms with Crippen LogP contribution in [0.4, 0.5) is 0 Å². The van der Waals surface area contributed by atoms with E-state index in [0.29, 0.717) is 23.4 Å². The normalized spacial score (nSPS) is 9.20. The summed E-state index contributed by atoms with van der Waals surface area (Å²) in [7, 11) is 0. The van der Waals surface area contributed by atoms with Crippen LogP contribution in [0.1, 0.15) is 29.3 Å². The SMILES string of the molecule is CC(=O)c1cc(C#CCCCl)ccc1O. The third-order valence-corrected chi connectivity index (χ3v) is 2.02. The zero-order valence-corrected chi connectivity index (χ0v) is 9.14. The van der Waals surface area contributed by atoms with Gasteiger partial charge in [0.15, 0.2) is 5.78 Å². The molecule has 1 N–H and O–H groups in total. The number of phenolic OH excluding ortho intramolecular Hbond substituents is 1. The van der Waals surface area contributed by atoms with E-state index in [2.05, 4.69) is 11.8 Å². The van der Waals surface area contributed by atoms with Crippen LogP contribution in [0, 0.1) is 11.8 Å². The minimum Gasteiger partial charge on any atom is -0.507 e. The van der Waals surface area contributed by atoms with Crippen LogP contribution in [0.5, 0.6) is 5.75 Å². The van der Waals surface area contributed by atoms with Gasteiger partial charge in [-0.15, -0.1) is 11.6 Å². The fourth-order valence-corrected chi connectivity index (χ4v) is 1.20. The predicted octanol–water partition coefficient (Wildman–Crippen LogP) is 2.58. The summed E-state index contributed by atoms with van der Waals surface area (Å²) < 4.78 is 0. The number of rotatable bonds is 2. The average Bonchev–Trinajstić information content (AvgIpc) is 2.20. The Bertz CT molecular complexity index is 427. The van der Waals surface area contributed by atoms with Crippen molar-refractivity contribution in [2.75, 3.05) is 5.88 Å². The molecule has 1 aromatic carbocycles. The highest BCUT2D eigenvalue weighted by atomic mass is 35.5. The standard InChI is InChI=1S/C12H11ClO2/c1-9(14)11-8-10(4-2-3-7-13)5-6-12(11)15/h5-6,8,15H,3,7H2,1H3. The Balaban J connectivity index is 2.99. The molecule has 0 unspecified atom stereocenters. The average molecular weight is 223 g/mol. The van der Waals surface area contributed by atoms with Gasteiger partial charge < -0.3 is 5.11 Å². The summed E-state index contributed by atoms with van der Waals surface area (Å²) in [6, 6.07) is 4.73. The highest BCUT2D eigenvalue weighted by molar-refractivity contribution is 6.18. The molecule has 0 aliphatic heterocycles. The molecule has 78 valence electrons. The molecule has 1 aromatic rings. The van der Waals surface area contributed by atoms with Crippen LogP contribution in [0.15, 0.2) is 18.2 Å². The molecule has 0 aliphatic rings. The van der Waals surface area contributed by atoms with E-state index in [4.69, 9.17) is 11.6 Å². The summed E-state index contributed by atoms with van der Waals surface area (Å²) in [6.07, 6.45) is 0.609. The van der Waals surface area contributed by atoms with E-state index < -0.39 is 0 Å². The van der Waals surface area contributed by atoms with Gasteiger partial charge in [-0.25, -0.2) is 0 Å². The van der Waals surface area contributed by atoms with E-state index in [1.54, 1.807) is 12.1 Å². The lowest BCUT2D eigenvalue weighted by Gasteiger charge is -2.00. The van der Waals surface area contributed by atoms with E-state index in [0.717, 1.165) is 0 Å². The van der Waals surface area contributed by atoms with Crippen molar-refractivity contribution in [1.29, 1.82) is 0 Å². The van der Waals surface area contributed by atoms with Crippen molar-refractivity contribution >= 4 is 17.4 Å². The van der Waals surface area contributed by atoms with Gasteiger partial charge >= 0.3 is 0 Å². The molecule has 0 saturated heterocycles. The fraction of sp³-hybridized carbons (Fsp3) is 0.250. The van der Waals surface area contributed by atoms with Gasteiger partial charge in [-0.1, -0.05) is 11.8 Å². The second-order valence-corrected chi connectivity index (χ2v) is 3.41. The quantitative estimate of drug-likeness (QED) is 0.475. The highest BCUT2D eigenvalue weighted by Crippen LogP contribution is 2.18. The summed E-state index contributed by atoms with van der Waals surface area (Å²) >= 11 is 5.48. The van der Waals surface area contributed by atoms with Crippen molar-refractivity contribution in [3.8, 4) is 17.6 Å². The molecule has 0 heterocycles. The lowest BCUT2D eigenvalue weighted by Crippen LogP contribution is -1.93. The number of Topliss-reactive ketones (excluding diaryl/α,β-unsaturated/α-hetero) is 1. The molecule has 0 aromatic heterocycles. The molecule has 1 rings (SSSR count). The first kappa shape index (κ1) is 11.6. The van der Waals surface area contributed by atoms with Crippen LogP contribution in [0.3, 0.4) is 0 Å². The largest absolute Gasteiger partial charge is 0.507 e. The predicted molar refractivity (Wildman–Crippen MR) is 60.3 cm³/mol. The zero-order chi connectivity index (χ0) is 11.3. The molecule has 0 atom stereocenters. The maximum absolute atomic E-state index is 11.1. The molecule has 15 heavy (non-hydrogen) atoms. The van der Waals surface area contributed by atoms with Gasteiger partial charge in [-0.3, -0.25) is 4.79 Å². The molecular formula is C12H11ClO2. The van der Waals surface area contributed by atoms with E-state index in [-0.39, 0.29) is 11.5 Å². The summed E-state index contributed by atoms with van der Waals surface area (Å²) in [4.78, 5) is 11.1. The number of phenols is 1. The van der Waals surface area contributed by atoms with Gasteiger partial charge in [0.1, 0.15) is 5.75 Å². The van der Waals surface area contributed by atoms with Crippen molar-refractivity contribution in [2.45, 2.75) is 13.3 Å². The summed E-state index contributed by atoms with van der Waals surface area (Å²) in [5, 5.41) is 9.39. The maximum Gasteiger partial charge on any atom is 0.163 e. The van der Waals surface area contributed by atoms with Gasteiger partial charge in [0.05, 0.1) is 5.56 Å². The van der Waals surface area contributed by atoms with Gasteiger partial charge in [0, 0.05) is 17.9 Å². The van der Waals surface area contributed by atoms with Crippen molar-refractivity contribution in [2.24, 2.45) is 0 Å². The van der Waals surface area contributed by atoms with Crippen molar-refractivity contribution < 1.29 is 9.90 Å². The van der Waals surface area contributed by atoms with Crippen molar-refractivity contribution in [1.82, 2.24) is 0 Å². The van der Waals surface area contributed by atoms with Gasteiger partial charge in [-0.05, 0) is 25.1 Å². The number of alkyl halides is 1. The molecule has 0 radical (unpaired) electrons. The Labute approximate surface area is 93.9 Å². The molecule has 0 bridgehead atoms. The molecule has 0 aliphatic carbocycles. The summed E-state index contributed by atoms with van der Waals surface area (Å²) in [5.41, 5.74) is 1.01. The molecule has 0 fully saturated rings. The minimum absolute atomic E-state index is 0.00890. The van der Waals surface area contributed by atoms with Crippen LogP contribution < -0.4 is 0 Å². The van der Waals surface area contributed by atoms with E-state index in [9.17, 15) is 9.90 Å². The second-order valence-electron chi connectivity index (χ2n) is 3.03. The monoisotopic (exact) mass is 222 g/mol. The molecule has 0 spiro atoms. The third kappa shape index (κ3) is 3.30. The minimum atomic E-state index is -0.173. The fourth-order valence-electron chi connectivity index (χ4n) is 1.11. The third-order valence-electron chi connectivity index (χ3n) is 1.83. The Morgan fingerprint density at radius 3 is 2.87 bits per heavy atom. The van der Waals surface area contributed by atoms with E-state index >= 15 is 0 Å². The van der Waals surface area contributed by atoms with Crippen LogP contribution in [0.2, 0.25) is 0 Å². The Morgan fingerprint density at radius 1 is 1.53 bits per heavy atom. The first-order chi connectivity index (χ1) is 7.15. The van der Waals surface area contributed by atoms with Crippen LogP contribution in [-0.4, -0.2) is 16.8 Å². The number of carbonyl (C=O) groups is 1. The molecule has 3 heteroatoms. The number of aromatic hydroxyl groups is 1. The lowest BCUT2D eigenvalue weighted by molar-refractivity contribution is 0.101. The Morgan fingerprint density at radius 2 is 2.27 bits per heavy atom. The molecule has 0 saturated carbocycles. The van der Waals surface area contributed by atoms with E-state index in [1.807, 2.05) is 0 Å². The number of carbonyl (C=O) groups excluding carboxylic acids is 1. The highest BCUT2D eigenvalue weighted by Gasteiger charge is 2.05. The number of benzene rings is 1. The lowest BCUT2D eigenvalue weighted by atomic mass is 10.1. The van der Waals surface area contributed by atoms with Gasteiger partial charge in [0.2, 0.25) is 0 Å². The summed E-state index contributed by atoms with van der Waals surface area (Å²) in [5.74, 6) is 6.04. The second kappa shape index (κ2) is 5.43. The number of hydrogen-bond donors (Lipinski definition) is 1. The van der Waals surface area contributed by atoms with Crippen LogP contribution >= 0.6 is 11.6 Å². The molecule has 2 nitrogen and oxygen atoms in total. The van der Waals surface area contributed by atoms with Crippen molar-refractivity contribution in [3.63, 3.8) is 0 Å². The molecule has 0 amide bonds. The summed E-state index contributed by atoms with van der Waals surface area (Å²) in [6.45, 7) is 1.41. The number of hydrogen-bond acceptors (Lipinski definition) is 2. The maximum atomic E-state index is 11.1. The Hall–Kier alpha value is -1.46. The van der Waals surface area contributed by atoms with E-state index in [1.165, 1.54) is 13.0 Å². The van der Waals surface area contributed by atoms with Crippen LogP contribution in [-0.2, 0) is 0 Å². The zero-order valence-electron chi connectivity index (χ0n) is 8.38. The van der Waals surface area contributed by atoms with Crippen molar-refractivity contribution in [3.05, 3.63) is 29.3 Å². The first-order valence-corrected chi connectivity index (χ1v) is 5.07. The number of halogens is 1. The van der Waals surface area contributed by atoms with Gasteiger partial charge in [-0.2, -0.15) is 0 Å². The smallest absolute Gasteiger partial charge is 0.163 e. The van der Waals surface area contributed by atoms with Crippen LogP contribution in [0.25, 0.3) is 0 Å². The first-order valence-electron chi connectivity index (χ1n) is 4.54.